The third-order valence-corrected chi connectivity index (χ3v) is 3.81. The van der Waals surface area contributed by atoms with Gasteiger partial charge in [0, 0.05) is 18.5 Å². The van der Waals surface area contributed by atoms with Crippen LogP contribution in [0.15, 0.2) is 35.1 Å². The molecule has 0 aliphatic heterocycles. The summed E-state index contributed by atoms with van der Waals surface area (Å²) in [7, 11) is 3.26. The van der Waals surface area contributed by atoms with Gasteiger partial charge in [0.25, 0.3) is 0 Å². The van der Waals surface area contributed by atoms with Crippen molar-refractivity contribution in [2.45, 2.75) is 25.7 Å². The first-order chi connectivity index (χ1) is 11.7. The molecule has 2 heterocycles. The molecule has 3 rings (SSSR count). The van der Waals surface area contributed by atoms with Crippen LogP contribution in [0, 0.1) is 0 Å². The van der Waals surface area contributed by atoms with Crippen molar-refractivity contribution in [3.63, 3.8) is 0 Å². The van der Waals surface area contributed by atoms with Crippen molar-refractivity contribution < 1.29 is 14.0 Å². The third-order valence-electron chi connectivity index (χ3n) is 3.81. The molecule has 1 aromatic carbocycles. The summed E-state index contributed by atoms with van der Waals surface area (Å²) in [5, 5.41) is 10.7. The third kappa shape index (κ3) is 3.56. The molecule has 126 valence electrons. The first-order valence-corrected chi connectivity index (χ1v) is 7.70. The molecule has 0 aliphatic carbocycles. The normalized spacial score (nSPS) is 12.1. The molecule has 7 heteroatoms. The number of benzene rings is 1. The molecule has 0 fully saturated rings. The molecule has 0 bridgehead atoms. The highest BCUT2D eigenvalue weighted by Crippen LogP contribution is 2.29. The first-order valence-electron chi connectivity index (χ1n) is 7.70. The zero-order chi connectivity index (χ0) is 16.9. The second-order valence-electron chi connectivity index (χ2n) is 5.63. The van der Waals surface area contributed by atoms with Gasteiger partial charge in [-0.1, -0.05) is 18.1 Å². The molecular weight excluding hydrogens is 308 g/mol. The summed E-state index contributed by atoms with van der Waals surface area (Å²) in [6.07, 6.45) is 4.95. The maximum absolute atomic E-state index is 5.40. The van der Waals surface area contributed by atoms with Crippen molar-refractivity contribution in [1.82, 2.24) is 20.3 Å². The van der Waals surface area contributed by atoms with Gasteiger partial charge < -0.3 is 14.0 Å². The van der Waals surface area contributed by atoms with Gasteiger partial charge in [0.1, 0.15) is 0 Å². The standard InChI is InChI=1S/C17H20N4O3/c1-11(6-12-4-5-14(22-2)15(7-12)23-3)17-20-16(21-24-17)8-13-9-18-19-10-13/h4-5,7,9-11H,6,8H2,1-3H3,(H,18,19). The lowest BCUT2D eigenvalue weighted by atomic mass is 10.0. The number of H-pyrrole nitrogens is 1. The molecule has 3 aromatic rings. The van der Waals surface area contributed by atoms with Crippen LogP contribution in [0.4, 0.5) is 0 Å². The van der Waals surface area contributed by atoms with Crippen molar-refractivity contribution in [3.05, 3.63) is 53.4 Å². The molecule has 1 N–H and O–H groups in total. The summed E-state index contributed by atoms with van der Waals surface area (Å²) in [6, 6.07) is 5.89. The fourth-order valence-corrected chi connectivity index (χ4v) is 2.54. The number of rotatable bonds is 7. The van der Waals surface area contributed by atoms with Crippen molar-refractivity contribution in [1.29, 1.82) is 0 Å². The van der Waals surface area contributed by atoms with Crippen LogP contribution in [0.3, 0.4) is 0 Å². The molecule has 0 spiro atoms. The van der Waals surface area contributed by atoms with Crippen LogP contribution in [0.5, 0.6) is 11.5 Å². The molecule has 0 radical (unpaired) electrons. The highest BCUT2D eigenvalue weighted by Gasteiger charge is 2.16. The Bertz CT molecular complexity index is 783. The van der Waals surface area contributed by atoms with Crippen LogP contribution < -0.4 is 9.47 Å². The second-order valence-corrected chi connectivity index (χ2v) is 5.63. The quantitative estimate of drug-likeness (QED) is 0.718. The number of nitrogens with zero attached hydrogens (tertiary/aromatic N) is 3. The highest BCUT2D eigenvalue weighted by atomic mass is 16.5. The molecule has 7 nitrogen and oxygen atoms in total. The van der Waals surface area contributed by atoms with E-state index in [0.717, 1.165) is 17.5 Å². The van der Waals surface area contributed by atoms with Crippen molar-refractivity contribution >= 4 is 0 Å². The van der Waals surface area contributed by atoms with Gasteiger partial charge in [-0.25, -0.2) is 0 Å². The van der Waals surface area contributed by atoms with Gasteiger partial charge in [-0.3, -0.25) is 5.10 Å². The Morgan fingerprint density at radius 3 is 2.71 bits per heavy atom. The lowest BCUT2D eigenvalue weighted by Gasteiger charge is -2.11. The van der Waals surface area contributed by atoms with Crippen molar-refractivity contribution in [3.8, 4) is 11.5 Å². The Labute approximate surface area is 140 Å². The maximum atomic E-state index is 5.40. The van der Waals surface area contributed by atoms with Crippen molar-refractivity contribution in [2.24, 2.45) is 0 Å². The van der Waals surface area contributed by atoms with E-state index in [1.165, 1.54) is 0 Å². The average molecular weight is 328 g/mol. The molecular formula is C17H20N4O3. The smallest absolute Gasteiger partial charge is 0.229 e. The first kappa shape index (κ1) is 16.0. The Balaban J connectivity index is 1.68. The Morgan fingerprint density at radius 2 is 2.00 bits per heavy atom. The lowest BCUT2D eigenvalue weighted by molar-refractivity contribution is 0.351. The predicted molar refractivity (Wildman–Crippen MR) is 87.4 cm³/mol. The van der Waals surface area contributed by atoms with Gasteiger partial charge in [-0.2, -0.15) is 10.1 Å². The summed E-state index contributed by atoms with van der Waals surface area (Å²) in [5.41, 5.74) is 2.14. The number of aromatic amines is 1. The summed E-state index contributed by atoms with van der Waals surface area (Å²) in [5.74, 6) is 2.82. The van der Waals surface area contributed by atoms with Gasteiger partial charge in [0.05, 0.1) is 20.4 Å². The van der Waals surface area contributed by atoms with Crippen LogP contribution in [-0.2, 0) is 12.8 Å². The van der Waals surface area contributed by atoms with Gasteiger partial charge >= 0.3 is 0 Å². The van der Waals surface area contributed by atoms with E-state index >= 15 is 0 Å². The van der Waals surface area contributed by atoms with Gasteiger partial charge in [0.15, 0.2) is 17.3 Å². The largest absolute Gasteiger partial charge is 0.493 e. The van der Waals surface area contributed by atoms with Crippen molar-refractivity contribution in [2.75, 3.05) is 14.2 Å². The number of methoxy groups -OCH3 is 2. The Hall–Kier alpha value is -2.83. The van der Waals surface area contributed by atoms with Crippen LogP contribution in [0.25, 0.3) is 0 Å². The van der Waals surface area contributed by atoms with E-state index in [1.807, 2.05) is 24.4 Å². The second kappa shape index (κ2) is 7.16. The monoisotopic (exact) mass is 328 g/mol. The molecule has 0 saturated heterocycles. The minimum atomic E-state index is 0.105. The molecule has 1 unspecified atom stereocenters. The number of aromatic nitrogens is 4. The van der Waals surface area contributed by atoms with E-state index < -0.39 is 0 Å². The van der Waals surface area contributed by atoms with E-state index in [2.05, 4.69) is 27.3 Å². The predicted octanol–water partition coefficient (Wildman–Crippen LogP) is 2.75. The summed E-state index contributed by atoms with van der Waals surface area (Å²) < 4.78 is 16.0. The summed E-state index contributed by atoms with van der Waals surface area (Å²) in [6.45, 7) is 2.06. The minimum absolute atomic E-state index is 0.105. The number of nitrogens with one attached hydrogen (secondary N) is 1. The number of hydrogen-bond donors (Lipinski definition) is 1. The molecule has 24 heavy (non-hydrogen) atoms. The number of hydrogen-bond acceptors (Lipinski definition) is 6. The maximum Gasteiger partial charge on any atom is 0.229 e. The topological polar surface area (TPSA) is 86.1 Å². The SMILES string of the molecule is COc1ccc(CC(C)c2nc(Cc3cn[nH]c3)no2)cc1OC. The molecule has 0 amide bonds. The van der Waals surface area contributed by atoms with Gasteiger partial charge in [0.2, 0.25) is 5.89 Å². The zero-order valence-corrected chi connectivity index (χ0v) is 13.9. The fraction of sp³-hybridized carbons (Fsp3) is 0.353. The van der Waals surface area contributed by atoms with Crippen LogP contribution in [0.2, 0.25) is 0 Å². The van der Waals surface area contributed by atoms with Gasteiger partial charge in [-0.15, -0.1) is 0 Å². The van der Waals surface area contributed by atoms with Gasteiger partial charge in [-0.05, 0) is 29.7 Å². The summed E-state index contributed by atoms with van der Waals surface area (Å²) in [4.78, 5) is 4.48. The van der Waals surface area contributed by atoms with E-state index in [4.69, 9.17) is 14.0 Å². The summed E-state index contributed by atoms with van der Waals surface area (Å²) >= 11 is 0. The van der Waals surface area contributed by atoms with Crippen LogP contribution >= 0.6 is 0 Å². The van der Waals surface area contributed by atoms with E-state index in [9.17, 15) is 0 Å². The van der Waals surface area contributed by atoms with E-state index in [1.54, 1.807) is 20.4 Å². The fourth-order valence-electron chi connectivity index (χ4n) is 2.54. The minimum Gasteiger partial charge on any atom is -0.493 e. The number of ether oxygens (including phenoxy) is 2. The zero-order valence-electron chi connectivity index (χ0n) is 13.9. The Kier molecular flexibility index (Phi) is 4.79. The lowest BCUT2D eigenvalue weighted by Crippen LogP contribution is -2.00. The Morgan fingerprint density at radius 1 is 1.17 bits per heavy atom. The molecule has 0 aliphatic rings. The van der Waals surface area contributed by atoms with Crippen LogP contribution in [-0.4, -0.2) is 34.6 Å². The highest BCUT2D eigenvalue weighted by molar-refractivity contribution is 5.43. The average Bonchev–Trinajstić information content (AvgIpc) is 3.27. The molecule has 1 atom stereocenters. The molecule has 2 aromatic heterocycles. The van der Waals surface area contributed by atoms with E-state index in [-0.39, 0.29) is 5.92 Å². The van der Waals surface area contributed by atoms with Crippen LogP contribution in [0.1, 0.15) is 35.7 Å². The van der Waals surface area contributed by atoms with E-state index in [0.29, 0.717) is 29.6 Å². The molecule has 0 saturated carbocycles.